The van der Waals surface area contributed by atoms with E-state index in [2.05, 4.69) is 45.8 Å². The molecule has 6 heteroatoms. The van der Waals surface area contributed by atoms with Crippen molar-refractivity contribution in [3.63, 3.8) is 0 Å². The maximum absolute atomic E-state index is 13.0. The number of halogens is 1. The number of benzene rings is 2. The summed E-state index contributed by atoms with van der Waals surface area (Å²) in [6.07, 6.45) is 7.41. The molecule has 0 radical (unpaired) electrons. The van der Waals surface area contributed by atoms with Crippen LogP contribution in [0.3, 0.4) is 0 Å². The highest BCUT2D eigenvalue weighted by Crippen LogP contribution is 2.26. The van der Waals surface area contributed by atoms with E-state index >= 15 is 0 Å². The summed E-state index contributed by atoms with van der Waals surface area (Å²) in [5, 5.41) is 3.06. The van der Waals surface area contributed by atoms with E-state index in [4.69, 9.17) is 0 Å². The van der Waals surface area contributed by atoms with E-state index in [1.165, 1.54) is 38.6 Å². The summed E-state index contributed by atoms with van der Waals surface area (Å²) >= 11 is 2.29. The molecule has 0 aromatic heterocycles. The third-order valence-corrected chi connectivity index (χ3v) is 7.46. The molecular formula is C27H34IN3O2. The fourth-order valence-corrected chi connectivity index (χ4v) is 5.69. The van der Waals surface area contributed by atoms with Crippen molar-refractivity contribution in [2.45, 2.75) is 64.6 Å². The molecule has 2 aliphatic rings. The minimum absolute atomic E-state index is 0.00516. The molecule has 1 unspecified atom stereocenters. The molecule has 1 atom stereocenters. The molecule has 2 aliphatic heterocycles. The van der Waals surface area contributed by atoms with Crippen LogP contribution in [-0.4, -0.2) is 47.3 Å². The van der Waals surface area contributed by atoms with Crippen molar-refractivity contribution in [3.05, 3.63) is 68.3 Å². The zero-order valence-electron chi connectivity index (χ0n) is 19.5. The van der Waals surface area contributed by atoms with Crippen LogP contribution in [0.4, 0.5) is 0 Å². The molecule has 2 aromatic carbocycles. The Hall–Kier alpha value is -1.93. The van der Waals surface area contributed by atoms with Crippen molar-refractivity contribution in [2.75, 3.05) is 19.6 Å². The molecule has 2 amide bonds. The number of hydrogen-bond acceptors (Lipinski definition) is 3. The molecule has 2 aromatic rings. The van der Waals surface area contributed by atoms with Crippen LogP contribution < -0.4 is 5.32 Å². The minimum atomic E-state index is -0.0922. The van der Waals surface area contributed by atoms with Crippen LogP contribution in [0.2, 0.25) is 0 Å². The maximum Gasteiger partial charge on any atom is 0.254 e. The quantitative estimate of drug-likeness (QED) is 0.339. The molecule has 1 fully saturated rings. The first-order valence-electron chi connectivity index (χ1n) is 12.2. The summed E-state index contributed by atoms with van der Waals surface area (Å²) in [4.78, 5) is 30.2. The molecule has 1 N–H and O–H groups in total. The van der Waals surface area contributed by atoms with Gasteiger partial charge in [0.25, 0.3) is 11.8 Å². The highest BCUT2D eigenvalue weighted by atomic mass is 127. The van der Waals surface area contributed by atoms with E-state index in [0.717, 1.165) is 27.7 Å². The van der Waals surface area contributed by atoms with E-state index in [1.807, 2.05) is 35.2 Å². The van der Waals surface area contributed by atoms with Crippen LogP contribution in [0, 0.1) is 3.57 Å². The van der Waals surface area contributed by atoms with Gasteiger partial charge in [-0.15, -0.1) is 0 Å². The molecule has 5 nitrogen and oxygen atoms in total. The highest BCUT2D eigenvalue weighted by molar-refractivity contribution is 14.1. The van der Waals surface area contributed by atoms with E-state index < -0.39 is 0 Å². The first kappa shape index (κ1) is 24.2. The number of piperidine rings is 1. The van der Waals surface area contributed by atoms with Crippen molar-refractivity contribution in [3.8, 4) is 0 Å². The Labute approximate surface area is 211 Å². The second-order valence-corrected chi connectivity index (χ2v) is 10.5. The maximum atomic E-state index is 13.0. The molecule has 176 valence electrons. The lowest BCUT2D eigenvalue weighted by Gasteiger charge is -2.35. The Morgan fingerprint density at radius 3 is 2.88 bits per heavy atom. The van der Waals surface area contributed by atoms with E-state index in [0.29, 0.717) is 36.8 Å². The van der Waals surface area contributed by atoms with Gasteiger partial charge in [0.1, 0.15) is 0 Å². The predicted octanol–water partition coefficient (Wildman–Crippen LogP) is 5.22. The number of nitrogens with one attached hydrogen (secondary N) is 1. The molecule has 1 saturated heterocycles. The number of carbonyl (C=O) groups excluding carboxylic acids is 2. The zero-order chi connectivity index (χ0) is 23.2. The van der Waals surface area contributed by atoms with Gasteiger partial charge in [-0.2, -0.15) is 0 Å². The SMILES string of the molecule is CCCC1CCCCN1CCCNC(=O)c1ccc2c(c1)C(=O)N(Cc1cccc(I)c1)C2. The average Bonchev–Trinajstić information content (AvgIpc) is 3.12. The van der Waals surface area contributed by atoms with Crippen LogP contribution in [0.25, 0.3) is 0 Å². The second-order valence-electron chi connectivity index (χ2n) is 9.25. The lowest BCUT2D eigenvalue weighted by molar-refractivity contribution is 0.0766. The van der Waals surface area contributed by atoms with E-state index in [1.54, 1.807) is 6.07 Å². The number of rotatable bonds is 9. The molecule has 2 heterocycles. The lowest BCUT2D eigenvalue weighted by atomic mass is 9.98. The second kappa shape index (κ2) is 11.5. The van der Waals surface area contributed by atoms with Gasteiger partial charge in [-0.1, -0.05) is 38.0 Å². The van der Waals surface area contributed by atoms with Gasteiger partial charge < -0.3 is 15.1 Å². The van der Waals surface area contributed by atoms with Crippen molar-refractivity contribution in [1.29, 1.82) is 0 Å². The third kappa shape index (κ3) is 6.15. The minimum Gasteiger partial charge on any atom is -0.352 e. The molecular weight excluding hydrogens is 525 g/mol. The van der Waals surface area contributed by atoms with Crippen LogP contribution in [0.15, 0.2) is 42.5 Å². The van der Waals surface area contributed by atoms with E-state index in [9.17, 15) is 9.59 Å². The summed E-state index contributed by atoms with van der Waals surface area (Å²) in [5.41, 5.74) is 3.34. The van der Waals surface area contributed by atoms with Crippen LogP contribution in [0.5, 0.6) is 0 Å². The number of amides is 2. The van der Waals surface area contributed by atoms with Gasteiger partial charge >= 0.3 is 0 Å². The fraction of sp³-hybridized carbons (Fsp3) is 0.481. The van der Waals surface area contributed by atoms with Crippen molar-refractivity contribution in [2.24, 2.45) is 0 Å². The van der Waals surface area contributed by atoms with Crippen molar-refractivity contribution in [1.82, 2.24) is 15.1 Å². The van der Waals surface area contributed by atoms with Crippen molar-refractivity contribution >= 4 is 34.4 Å². The highest BCUT2D eigenvalue weighted by Gasteiger charge is 2.28. The van der Waals surface area contributed by atoms with Gasteiger partial charge in [-0.3, -0.25) is 9.59 Å². The summed E-state index contributed by atoms with van der Waals surface area (Å²) in [6.45, 7) is 6.33. The van der Waals surface area contributed by atoms with Crippen LogP contribution in [-0.2, 0) is 13.1 Å². The molecule has 0 bridgehead atoms. The van der Waals surface area contributed by atoms with Crippen LogP contribution >= 0.6 is 22.6 Å². The smallest absolute Gasteiger partial charge is 0.254 e. The number of likely N-dealkylation sites (tertiary alicyclic amines) is 1. The van der Waals surface area contributed by atoms with Gasteiger partial charge in [0, 0.05) is 46.9 Å². The first-order valence-corrected chi connectivity index (χ1v) is 13.3. The van der Waals surface area contributed by atoms with Gasteiger partial charge in [-0.25, -0.2) is 0 Å². The zero-order valence-corrected chi connectivity index (χ0v) is 21.6. The van der Waals surface area contributed by atoms with Gasteiger partial charge in [0.05, 0.1) is 0 Å². The van der Waals surface area contributed by atoms with Gasteiger partial charge in [-0.05, 0) is 90.2 Å². The summed E-state index contributed by atoms with van der Waals surface area (Å²) in [7, 11) is 0. The first-order chi connectivity index (χ1) is 16.0. The Bertz CT molecular complexity index is 991. The van der Waals surface area contributed by atoms with Crippen LogP contribution in [0.1, 0.15) is 77.3 Å². The van der Waals surface area contributed by atoms with Gasteiger partial charge in [0.2, 0.25) is 0 Å². The molecule has 33 heavy (non-hydrogen) atoms. The predicted molar refractivity (Wildman–Crippen MR) is 140 cm³/mol. The topological polar surface area (TPSA) is 52.7 Å². The summed E-state index contributed by atoms with van der Waals surface area (Å²) in [5.74, 6) is -0.0870. The largest absolute Gasteiger partial charge is 0.352 e. The Morgan fingerprint density at radius 1 is 1.18 bits per heavy atom. The Morgan fingerprint density at radius 2 is 2.06 bits per heavy atom. The number of nitrogens with zero attached hydrogens (tertiary/aromatic N) is 2. The van der Waals surface area contributed by atoms with Gasteiger partial charge in [0.15, 0.2) is 0 Å². The fourth-order valence-electron chi connectivity index (χ4n) is 5.09. The number of hydrogen-bond donors (Lipinski definition) is 1. The summed E-state index contributed by atoms with van der Waals surface area (Å²) < 4.78 is 1.16. The molecule has 0 aliphatic carbocycles. The molecule has 0 spiro atoms. The molecule has 0 saturated carbocycles. The normalized spacial score (nSPS) is 18.4. The number of carbonyl (C=O) groups is 2. The van der Waals surface area contributed by atoms with Crippen molar-refractivity contribution < 1.29 is 9.59 Å². The third-order valence-electron chi connectivity index (χ3n) is 6.79. The summed E-state index contributed by atoms with van der Waals surface area (Å²) in [6, 6.07) is 14.5. The number of fused-ring (bicyclic) bond motifs is 1. The average molecular weight is 559 g/mol. The lowest BCUT2D eigenvalue weighted by Crippen LogP contribution is -2.41. The molecule has 4 rings (SSSR count). The Kier molecular flexibility index (Phi) is 8.41. The standard InChI is InChI=1S/C27H34IN3O2/c1-2-7-24-10-3-4-14-30(24)15-6-13-29-26(32)21-11-12-22-19-31(27(33)25(22)17-21)18-20-8-5-9-23(28)16-20/h5,8-9,11-12,16-17,24H,2-4,6-7,10,13-15,18-19H2,1H3,(H,29,32). The van der Waals surface area contributed by atoms with E-state index in [-0.39, 0.29) is 11.8 Å². The monoisotopic (exact) mass is 559 g/mol. The Balaban J connectivity index is 1.29.